The third-order valence-electron chi connectivity index (χ3n) is 1.73. The number of amides is 1. The van der Waals surface area contributed by atoms with E-state index >= 15 is 0 Å². The lowest BCUT2D eigenvalue weighted by Crippen LogP contribution is -2.21. The number of rotatable bonds is 3. The Morgan fingerprint density at radius 2 is 2.21 bits per heavy atom. The largest absolute Gasteiger partial charge is 0.352 e. The minimum absolute atomic E-state index is 0.0654. The van der Waals surface area contributed by atoms with Gasteiger partial charge >= 0.3 is 0 Å². The number of carbonyl (C=O) groups is 1. The number of H-pyrrole nitrogens is 1. The van der Waals surface area contributed by atoms with E-state index < -0.39 is 0 Å². The lowest BCUT2D eigenvalue weighted by atomic mass is 10.2. The van der Waals surface area contributed by atoms with Crippen LogP contribution in [0.4, 0.5) is 0 Å². The van der Waals surface area contributed by atoms with Crippen LogP contribution in [0.1, 0.15) is 38.4 Å². The van der Waals surface area contributed by atoms with Crippen LogP contribution in [0.15, 0.2) is 6.20 Å². The van der Waals surface area contributed by atoms with Gasteiger partial charge < -0.3 is 5.32 Å². The monoisotopic (exact) mass is 197 g/mol. The summed E-state index contributed by atoms with van der Waals surface area (Å²) in [4.78, 5) is 10.9. The van der Waals surface area contributed by atoms with Crippen LogP contribution in [0.3, 0.4) is 0 Å². The average molecular weight is 197 g/mol. The van der Waals surface area contributed by atoms with Crippen molar-refractivity contribution in [1.29, 1.82) is 0 Å². The minimum atomic E-state index is 0.0654. The first-order chi connectivity index (χ1) is 6.74. The number of aromatic amines is 1. The first-order valence-corrected chi connectivity index (χ1v) is 4.99. The molecule has 0 aliphatic heterocycles. The molecule has 0 aliphatic rings. The molecule has 1 heterocycles. The quantitative estimate of drug-likeness (QED) is 0.775. The van der Waals surface area contributed by atoms with Gasteiger partial charge in [0, 0.05) is 24.2 Å². The smallest absolute Gasteiger partial charge is 0.219 e. The Morgan fingerprint density at radius 1 is 1.57 bits per heavy atom. The Hall–Kier alpha value is -1.32. The molecule has 14 heavy (non-hydrogen) atoms. The molecule has 0 radical (unpaired) electrons. The summed E-state index contributed by atoms with van der Waals surface area (Å²) in [5, 5.41) is 9.43. The van der Waals surface area contributed by atoms with Gasteiger partial charge in [0.05, 0.1) is 6.20 Å². The summed E-state index contributed by atoms with van der Waals surface area (Å²) in [6, 6.07) is 0. The van der Waals surface area contributed by atoms with Crippen LogP contribution in [0.5, 0.6) is 0 Å². The van der Waals surface area contributed by atoms with Gasteiger partial charge in [-0.25, -0.2) is 0 Å². The number of hydrogen-bond acceptors (Lipinski definition) is 2. The number of nitrogens with one attached hydrogen (secondary N) is 2. The van der Waals surface area contributed by atoms with Crippen molar-refractivity contribution >= 4 is 5.91 Å². The van der Waals surface area contributed by atoms with Crippen LogP contribution >= 0.6 is 0 Å². The van der Waals surface area contributed by atoms with Crippen molar-refractivity contribution in [3.63, 3.8) is 0 Å². The Kier molecular flexibility index (Phi) is 6.45. The van der Waals surface area contributed by atoms with Crippen molar-refractivity contribution in [3.8, 4) is 0 Å². The number of nitrogens with zero attached hydrogens (tertiary/aromatic N) is 1. The zero-order valence-corrected chi connectivity index (χ0v) is 9.35. The first-order valence-electron chi connectivity index (χ1n) is 4.99. The van der Waals surface area contributed by atoms with Crippen molar-refractivity contribution in [2.45, 2.75) is 40.7 Å². The van der Waals surface area contributed by atoms with E-state index in [4.69, 9.17) is 0 Å². The SMILES string of the molecule is CC.CCC(=O)NCc1cn[nH]c1C. The van der Waals surface area contributed by atoms with Gasteiger partial charge in [0.25, 0.3) is 0 Å². The van der Waals surface area contributed by atoms with Gasteiger partial charge in [-0.1, -0.05) is 20.8 Å². The molecule has 4 nitrogen and oxygen atoms in total. The second-order valence-electron chi connectivity index (χ2n) is 2.65. The molecule has 1 rings (SSSR count). The van der Waals surface area contributed by atoms with Gasteiger partial charge in [0.2, 0.25) is 5.91 Å². The summed E-state index contributed by atoms with van der Waals surface area (Å²) in [7, 11) is 0. The average Bonchev–Trinajstić information content (AvgIpc) is 2.63. The molecule has 0 spiro atoms. The molecular weight excluding hydrogens is 178 g/mol. The summed E-state index contributed by atoms with van der Waals surface area (Å²) in [6.45, 7) is 8.33. The maximum absolute atomic E-state index is 10.9. The Balaban J connectivity index is 0.000000791. The molecule has 0 bridgehead atoms. The summed E-state index contributed by atoms with van der Waals surface area (Å²) in [6.07, 6.45) is 2.25. The summed E-state index contributed by atoms with van der Waals surface area (Å²) < 4.78 is 0. The fourth-order valence-electron chi connectivity index (χ4n) is 0.873. The zero-order chi connectivity index (χ0) is 11.0. The predicted molar refractivity (Wildman–Crippen MR) is 56.8 cm³/mol. The van der Waals surface area contributed by atoms with Gasteiger partial charge in [-0.05, 0) is 6.92 Å². The molecule has 0 saturated carbocycles. The highest BCUT2D eigenvalue weighted by Gasteiger charge is 2.01. The van der Waals surface area contributed by atoms with Crippen molar-refractivity contribution in [3.05, 3.63) is 17.5 Å². The first kappa shape index (κ1) is 12.7. The molecule has 0 atom stereocenters. The summed E-state index contributed by atoms with van der Waals surface area (Å²) in [5.41, 5.74) is 2.04. The van der Waals surface area contributed by atoms with E-state index in [2.05, 4.69) is 15.5 Å². The van der Waals surface area contributed by atoms with Crippen LogP contribution in [0, 0.1) is 6.92 Å². The van der Waals surface area contributed by atoms with Gasteiger partial charge in [0.15, 0.2) is 0 Å². The van der Waals surface area contributed by atoms with Crippen LogP contribution in [0.25, 0.3) is 0 Å². The standard InChI is InChI=1S/C8H13N3O.C2H6/c1-3-8(12)9-4-7-5-10-11-6(7)2;1-2/h5H,3-4H2,1-2H3,(H,9,12)(H,10,11);1-2H3. The van der Waals surface area contributed by atoms with Crippen molar-refractivity contribution < 1.29 is 4.79 Å². The fraction of sp³-hybridized carbons (Fsp3) is 0.600. The highest BCUT2D eigenvalue weighted by Crippen LogP contribution is 2.00. The third-order valence-corrected chi connectivity index (χ3v) is 1.73. The molecule has 4 heteroatoms. The van der Waals surface area contributed by atoms with E-state index in [-0.39, 0.29) is 5.91 Å². The lowest BCUT2D eigenvalue weighted by Gasteiger charge is -2.00. The van der Waals surface area contributed by atoms with E-state index in [1.165, 1.54) is 0 Å². The van der Waals surface area contributed by atoms with E-state index in [1.54, 1.807) is 6.20 Å². The molecule has 0 saturated heterocycles. The van der Waals surface area contributed by atoms with Gasteiger partial charge in [-0.3, -0.25) is 9.89 Å². The topological polar surface area (TPSA) is 57.8 Å². The van der Waals surface area contributed by atoms with Crippen LogP contribution in [-0.2, 0) is 11.3 Å². The summed E-state index contributed by atoms with van der Waals surface area (Å²) >= 11 is 0. The molecule has 1 amide bonds. The molecule has 0 aliphatic carbocycles. The van der Waals surface area contributed by atoms with Gasteiger partial charge in [0.1, 0.15) is 0 Å². The van der Waals surface area contributed by atoms with E-state index in [0.29, 0.717) is 13.0 Å². The van der Waals surface area contributed by atoms with Gasteiger partial charge in [-0.2, -0.15) is 5.10 Å². The Labute approximate surface area is 85.1 Å². The van der Waals surface area contributed by atoms with E-state index in [9.17, 15) is 4.79 Å². The molecule has 0 fully saturated rings. The predicted octanol–water partition coefficient (Wildman–Crippen LogP) is 1.77. The van der Waals surface area contributed by atoms with E-state index in [0.717, 1.165) is 11.3 Å². The maximum atomic E-state index is 10.9. The molecule has 80 valence electrons. The maximum Gasteiger partial charge on any atom is 0.219 e. The molecule has 2 N–H and O–H groups in total. The Morgan fingerprint density at radius 3 is 2.64 bits per heavy atom. The third kappa shape index (κ3) is 4.07. The molecular formula is C10H19N3O. The lowest BCUT2D eigenvalue weighted by molar-refractivity contribution is -0.120. The fourth-order valence-corrected chi connectivity index (χ4v) is 0.873. The highest BCUT2D eigenvalue weighted by atomic mass is 16.1. The van der Waals surface area contributed by atoms with Crippen molar-refractivity contribution in [2.24, 2.45) is 0 Å². The number of aromatic nitrogens is 2. The minimum Gasteiger partial charge on any atom is -0.352 e. The normalized spacial score (nSPS) is 8.86. The van der Waals surface area contributed by atoms with Crippen LogP contribution < -0.4 is 5.32 Å². The van der Waals surface area contributed by atoms with Crippen molar-refractivity contribution in [2.75, 3.05) is 0 Å². The zero-order valence-electron chi connectivity index (χ0n) is 9.35. The Bertz CT molecular complexity index is 268. The second-order valence-corrected chi connectivity index (χ2v) is 2.65. The number of carbonyl (C=O) groups excluding carboxylic acids is 1. The summed E-state index contributed by atoms with van der Waals surface area (Å²) in [5.74, 6) is 0.0654. The highest BCUT2D eigenvalue weighted by molar-refractivity contribution is 5.75. The van der Waals surface area contributed by atoms with Crippen LogP contribution in [-0.4, -0.2) is 16.1 Å². The molecule has 1 aromatic heterocycles. The van der Waals surface area contributed by atoms with E-state index in [1.807, 2.05) is 27.7 Å². The number of hydrogen-bond donors (Lipinski definition) is 2. The molecule has 0 aromatic carbocycles. The second kappa shape index (κ2) is 7.12. The molecule has 0 unspecified atom stereocenters. The van der Waals surface area contributed by atoms with Crippen LogP contribution in [0.2, 0.25) is 0 Å². The molecule has 1 aromatic rings. The van der Waals surface area contributed by atoms with Gasteiger partial charge in [-0.15, -0.1) is 0 Å². The number of aryl methyl sites for hydroxylation is 1. The van der Waals surface area contributed by atoms with Crippen molar-refractivity contribution in [1.82, 2.24) is 15.5 Å².